The van der Waals surface area contributed by atoms with Crippen molar-refractivity contribution in [3.05, 3.63) is 53.3 Å². The molecule has 2 aromatic rings. The van der Waals surface area contributed by atoms with Crippen LogP contribution in [0.25, 0.3) is 0 Å². The van der Waals surface area contributed by atoms with Gasteiger partial charge in [0, 0.05) is 12.7 Å². The van der Waals surface area contributed by atoms with E-state index in [1.54, 1.807) is 0 Å². The Hall–Kier alpha value is -1.83. The van der Waals surface area contributed by atoms with Gasteiger partial charge in [-0.1, -0.05) is 19.1 Å². The summed E-state index contributed by atoms with van der Waals surface area (Å²) >= 11 is 0. The molecular weight excluding hydrogens is 208 g/mol. The summed E-state index contributed by atoms with van der Waals surface area (Å²) in [5.41, 5.74) is 4.72. The maximum atomic E-state index is 4.48. The molecule has 88 valence electrons. The molecule has 2 nitrogen and oxygen atoms in total. The third-order valence-electron chi connectivity index (χ3n) is 3.10. The smallest absolute Gasteiger partial charge is 0.0630 e. The lowest BCUT2D eigenvalue weighted by Gasteiger charge is -2.00. The minimum atomic E-state index is 1.00. The van der Waals surface area contributed by atoms with E-state index in [0.29, 0.717) is 0 Å². The van der Waals surface area contributed by atoms with E-state index in [2.05, 4.69) is 66.9 Å². The summed E-state index contributed by atoms with van der Waals surface area (Å²) in [7, 11) is 2.05. The van der Waals surface area contributed by atoms with Gasteiger partial charge in [-0.15, -0.1) is 0 Å². The average Bonchev–Trinajstić information content (AvgIpc) is 2.68. The van der Waals surface area contributed by atoms with Gasteiger partial charge in [0.1, 0.15) is 0 Å². The second kappa shape index (κ2) is 5.00. The number of hydrogen-bond acceptors (Lipinski definition) is 1. The van der Waals surface area contributed by atoms with Crippen molar-refractivity contribution in [2.45, 2.75) is 20.3 Å². The average molecular weight is 226 g/mol. The Morgan fingerprint density at radius 2 is 1.82 bits per heavy atom. The number of aliphatic imine (C=N–C) groups is 1. The van der Waals surface area contributed by atoms with Crippen LogP contribution < -0.4 is 0 Å². The molecule has 0 saturated heterocycles. The Kier molecular flexibility index (Phi) is 3.43. The summed E-state index contributed by atoms with van der Waals surface area (Å²) in [5.74, 6) is 0. The van der Waals surface area contributed by atoms with Crippen molar-refractivity contribution in [1.29, 1.82) is 0 Å². The van der Waals surface area contributed by atoms with E-state index in [0.717, 1.165) is 17.8 Å². The largest absolute Gasteiger partial charge is 0.347 e. The van der Waals surface area contributed by atoms with E-state index in [9.17, 15) is 0 Å². The summed E-state index contributed by atoms with van der Waals surface area (Å²) < 4.78 is 2.13. The minimum Gasteiger partial charge on any atom is -0.347 e. The van der Waals surface area contributed by atoms with Crippen LogP contribution in [-0.2, 0) is 13.5 Å². The molecule has 0 aliphatic carbocycles. The predicted octanol–water partition coefficient (Wildman–Crippen LogP) is 3.65. The molecule has 2 heteroatoms. The molecule has 0 radical (unpaired) electrons. The van der Waals surface area contributed by atoms with Crippen molar-refractivity contribution < 1.29 is 0 Å². The Morgan fingerprint density at radius 1 is 1.12 bits per heavy atom. The number of nitrogens with zero attached hydrogens (tertiary/aromatic N) is 2. The summed E-state index contributed by atoms with van der Waals surface area (Å²) in [6, 6.07) is 12.6. The van der Waals surface area contributed by atoms with Crippen molar-refractivity contribution in [3.63, 3.8) is 0 Å². The molecule has 0 spiro atoms. The molecule has 0 unspecified atom stereocenters. The zero-order valence-electron chi connectivity index (χ0n) is 10.6. The zero-order valence-corrected chi connectivity index (χ0v) is 10.6. The summed E-state index contributed by atoms with van der Waals surface area (Å²) in [5, 5.41) is 0. The fourth-order valence-electron chi connectivity index (χ4n) is 1.72. The van der Waals surface area contributed by atoms with Gasteiger partial charge in [0.25, 0.3) is 0 Å². The highest BCUT2D eigenvalue weighted by molar-refractivity contribution is 5.80. The number of aryl methyl sites for hydroxylation is 2. The lowest BCUT2D eigenvalue weighted by molar-refractivity contribution is 0.874. The van der Waals surface area contributed by atoms with Crippen LogP contribution >= 0.6 is 0 Å². The lowest BCUT2D eigenvalue weighted by Crippen LogP contribution is -1.96. The van der Waals surface area contributed by atoms with Crippen molar-refractivity contribution in [2.24, 2.45) is 12.0 Å². The van der Waals surface area contributed by atoms with E-state index in [4.69, 9.17) is 0 Å². The van der Waals surface area contributed by atoms with Gasteiger partial charge in [-0.05, 0) is 43.2 Å². The Bertz CT molecular complexity index is 518. The summed E-state index contributed by atoms with van der Waals surface area (Å²) in [6.45, 7) is 4.25. The normalized spacial score (nSPS) is 11.2. The van der Waals surface area contributed by atoms with Gasteiger partial charge in [-0.25, -0.2) is 0 Å². The van der Waals surface area contributed by atoms with Crippen molar-refractivity contribution in [1.82, 2.24) is 4.57 Å². The van der Waals surface area contributed by atoms with Gasteiger partial charge in [0.15, 0.2) is 0 Å². The molecule has 0 fully saturated rings. The molecule has 1 heterocycles. The zero-order chi connectivity index (χ0) is 12.3. The third kappa shape index (κ3) is 2.64. The predicted molar refractivity (Wildman–Crippen MR) is 73.2 cm³/mol. The van der Waals surface area contributed by atoms with E-state index in [-0.39, 0.29) is 0 Å². The molecule has 1 aromatic carbocycles. The molecule has 0 aliphatic rings. The molecule has 0 aliphatic heterocycles. The first-order chi connectivity index (χ1) is 8.20. The number of hydrogen-bond donors (Lipinski definition) is 0. The maximum Gasteiger partial charge on any atom is 0.0630 e. The maximum absolute atomic E-state index is 4.48. The molecule has 2 rings (SSSR count). The van der Waals surface area contributed by atoms with Crippen LogP contribution in [0.1, 0.15) is 23.9 Å². The highest BCUT2D eigenvalue weighted by Gasteiger charge is 1.97. The number of benzene rings is 1. The fraction of sp³-hybridized carbons (Fsp3) is 0.267. The first kappa shape index (κ1) is 11.6. The Morgan fingerprint density at radius 3 is 2.35 bits per heavy atom. The monoisotopic (exact) mass is 226 g/mol. The van der Waals surface area contributed by atoms with E-state index < -0.39 is 0 Å². The van der Waals surface area contributed by atoms with Crippen molar-refractivity contribution in [2.75, 3.05) is 0 Å². The molecule has 0 bridgehead atoms. The molecular formula is C15H18N2. The van der Waals surface area contributed by atoms with Gasteiger partial charge in [-0.3, -0.25) is 4.99 Å². The molecule has 1 aromatic heterocycles. The van der Waals surface area contributed by atoms with Crippen LogP contribution in [0.5, 0.6) is 0 Å². The van der Waals surface area contributed by atoms with Crippen LogP contribution in [0.15, 0.2) is 41.4 Å². The van der Waals surface area contributed by atoms with Crippen LogP contribution in [-0.4, -0.2) is 10.8 Å². The van der Waals surface area contributed by atoms with E-state index in [1.807, 2.05) is 6.21 Å². The highest BCUT2D eigenvalue weighted by Crippen LogP contribution is 2.13. The van der Waals surface area contributed by atoms with Gasteiger partial charge in [0.2, 0.25) is 0 Å². The van der Waals surface area contributed by atoms with Crippen LogP contribution in [0.4, 0.5) is 5.69 Å². The fourth-order valence-corrected chi connectivity index (χ4v) is 1.72. The quantitative estimate of drug-likeness (QED) is 0.711. The van der Waals surface area contributed by atoms with Gasteiger partial charge < -0.3 is 4.57 Å². The molecule has 17 heavy (non-hydrogen) atoms. The molecule has 0 amide bonds. The Balaban J connectivity index is 2.17. The van der Waals surface area contributed by atoms with Crippen molar-refractivity contribution in [3.8, 4) is 0 Å². The van der Waals surface area contributed by atoms with Crippen LogP contribution in [0.3, 0.4) is 0 Å². The highest BCUT2D eigenvalue weighted by atomic mass is 15.0. The van der Waals surface area contributed by atoms with Gasteiger partial charge in [-0.2, -0.15) is 0 Å². The van der Waals surface area contributed by atoms with Gasteiger partial charge in [0.05, 0.1) is 17.6 Å². The third-order valence-corrected chi connectivity index (χ3v) is 3.10. The van der Waals surface area contributed by atoms with E-state index >= 15 is 0 Å². The summed E-state index contributed by atoms with van der Waals surface area (Å²) in [4.78, 5) is 4.48. The lowest BCUT2D eigenvalue weighted by atomic mass is 10.1. The first-order valence-electron chi connectivity index (χ1n) is 5.96. The first-order valence-corrected chi connectivity index (χ1v) is 5.96. The molecule has 0 saturated carbocycles. The molecule has 0 atom stereocenters. The number of aromatic nitrogens is 1. The number of rotatable bonds is 3. The standard InChI is InChI=1S/C15H18N2/c1-4-13-6-8-14(9-7-13)16-11-15-10-5-12(2)17(15)3/h5-11H,4H2,1-3H3. The van der Waals surface area contributed by atoms with Crippen LogP contribution in [0.2, 0.25) is 0 Å². The second-order valence-corrected chi connectivity index (χ2v) is 4.24. The van der Waals surface area contributed by atoms with Gasteiger partial charge >= 0.3 is 0 Å². The van der Waals surface area contributed by atoms with Crippen molar-refractivity contribution >= 4 is 11.9 Å². The topological polar surface area (TPSA) is 17.3 Å². The SMILES string of the molecule is CCc1ccc(N=Cc2ccc(C)n2C)cc1. The van der Waals surface area contributed by atoms with E-state index in [1.165, 1.54) is 11.3 Å². The van der Waals surface area contributed by atoms with Crippen LogP contribution in [0, 0.1) is 6.92 Å². The summed E-state index contributed by atoms with van der Waals surface area (Å²) in [6.07, 6.45) is 2.98. The molecule has 0 N–H and O–H groups in total. The minimum absolute atomic E-state index is 1.00. The second-order valence-electron chi connectivity index (χ2n) is 4.24. The Labute approximate surface area is 103 Å².